The van der Waals surface area contributed by atoms with E-state index in [1.165, 1.54) is 11.3 Å². The number of aromatic nitrogens is 1. The lowest BCUT2D eigenvalue weighted by molar-refractivity contribution is -0.154. The monoisotopic (exact) mass is 457 g/mol. The van der Waals surface area contributed by atoms with Crippen molar-refractivity contribution in [3.8, 4) is 0 Å². The van der Waals surface area contributed by atoms with E-state index in [0.717, 1.165) is 11.3 Å². The molecule has 8 heteroatoms. The fraction of sp³-hybridized carbons (Fsp3) is 0.500. The van der Waals surface area contributed by atoms with E-state index in [4.69, 9.17) is 4.74 Å². The number of nitrogens with zero attached hydrogens (tertiary/aromatic N) is 2. The Hall–Kier alpha value is -2.74. The van der Waals surface area contributed by atoms with Crippen LogP contribution < -0.4 is 5.32 Å². The predicted octanol–water partition coefficient (Wildman–Crippen LogP) is 3.96. The molecule has 2 aromatic rings. The van der Waals surface area contributed by atoms with Crippen LogP contribution in [0.5, 0.6) is 0 Å². The zero-order chi connectivity index (χ0) is 23.3. The Morgan fingerprint density at radius 2 is 1.81 bits per heavy atom. The molecule has 1 aromatic heterocycles. The second-order valence-electron chi connectivity index (χ2n) is 9.25. The lowest BCUT2D eigenvalue weighted by atomic mass is 9.91. The van der Waals surface area contributed by atoms with E-state index >= 15 is 0 Å². The number of carbonyl (C=O) groups is 3. The van der Waals surface area contributed by atoms with E-state index in [1.807, 2.05) is 62.2 Å². The summed E-state index contributed by atoms with van der Waals surface area (Å²) in [4.78, 5) is 43.3. The molecular weight excluding hydrogens is 426 g/mol. The van der Waals surface area contributed by atoms with Gasteiger partial charge >= 0.3 is 5.97 Å². The van der Waals surface area contributed by atoms with Gasteiger partial charge in [0.25, 0.3) is 0 Å². The molecule has 0 radical (unpaired) electrons. The molecule has 0 spiro atoms. The Labute approximate surface area is 193 Å². The number of benzene rings is 1. The van der Waals surface area contributed by atoms with Crippen molar-refractivity contribution >= 4 is 34.8 Å². The summed E-state index contributed by atoms with van der Waals surface area (Å²) in [5.74, 6) is -0.467. The Balaban J connectivity index is 1.42. The molecule has 7 nitrogen and oxygen atoms in total. The average molecular weight is 458 g/mol. The molecule has 2 heterocycles. The van der Waals surface area contributed by atoms with Gasteiger partial charge in [0.05, 0.1) is 18.0 Å². The topological polar surface area (TPSA) is 88.6 Å². The number of anilines is 1. The zero-order valence-corrected chi connectivity index (χ0v) is 20.0. The number of carbonyl (C=O) groups excluding carboxylic acids is 3. The maximum atomic E-state index is 12.4. The minimum Gasteiger partial charge on any atom is -0.459 e. The number of amides is 2. The van der Waals surface area contributed by atoms with Gasteiger partial charge in [0, 0.05) is 29.6 Å². The molecule has 0 atom stereocenters. The largest absolute Gasteiger partial charge is 0.459 e. The van der Waals surface area contributed by atoms with Crippen LogP contribution in [-0.2, 0) is 32.1 Å². The van der Waals surface area contributed by atoms with Crippen LogP contribution >= 0.6 is 11.3 Å². The third-order valence-electron chi connectivity index (χ3n) is 5.37. The van der Waals surface area contributed by atoms with E-state index in [9.17, 15) is 14.4 Å². The first-order chi connectivity index (χ1) is 15.1. The number of nitrogens with one attached hydrogen (secondary N) is 1. The number of esters is 1. The summed E-state index contributed by atoms with van der Waals surface area (Å²) in [6.45, 7) is 8.96. The van der Waals surface area contributed by atoms with Crippen molar-refractivity contribution < 1.29 is 19.1 Å². The molecule has 0 aliphatic carbocycles. The standard InChI is InChI=1S/C24H31N3O4S/c1-16-5-7-18(8-6-16)25-20(28)13-21-26-19(15-32-21)14-31-22(29)17-9-11-27(12-10-17)23(30)24(2,3)4/h5-8,15,17H,9-14H2,1-4H3,(H,25,28). The van der Waals surface area contributed by atoms with Gasteiger partial charge in [-0.1, -0.05) is 38.5 Å². The molecule has 2 amide bonds. The van der Waals surface area contributed by atoms with E-state index in [1.54, 1.807) is 0 Å². The summed E-state index contributed by atoms with van der Waals surface area (Å²) in [6.07, 6.45) is 1.40. The van der Waals surface area contributed by atoms with Crippen molar-refractivity contribution in [2.45, 2.75) is 53.6 Å². The maximum absolute atomic E-state index is 12.4. The second-order valence-corrected chi connectivity index (χ2v) is 10.2. The Kier molecular flexibility index (Phi) is 7.66. The number of hydrogen-bond acceptors (Lipinski definition) is 6. The van der Waals surface area contributed by atoms with Crippen LogP contribution in [0.3, 0.4) is 0 Å². The van der Waals surface area contributed by atoms with Gasteiger partial charge in [-0.05, 0) is 31.9 Å². The van der Waals surface area contributed by atoms with Crippen LogP contribution in [0.4, 0.5) is 5.69 Å². The number of thiazole rings is 1. The van der Waals surface area contributed by atoms with E-state index in [0.29, 0.717) is 36.6 Å². The van der Waals surface area contributed by atoms with Crippen molar-refractivity contribution in [3.05, 3.63) is 45.9 Å². The quantitative estimate of drug-likeness (QED) is 0.664. The van der Waals surface area contributed by atoms with Crippen molar-refractivity contribution in [3.63, 3.8) is 0 Å². The van der Waals surface area contributed by atoms with Crippen LogP contribution in [-0.4, -0.2) is 40.8 Å². The van der Waals surface area contributed by atoms with Gasteiger partial charge in [0.1, 0.15) is 11.6 Å². The van der Waals surface area contributed by atoms with Crippen molar-refractivity contribution in [2.24, 2.45) is 11.3 Å². The third-order valence-corrected chi connectivity index (χ3v) is 6.26. The first-order valence-electron chi connectivity index (χ1n) is 10.9. The SMILES string of the molecule is Cc1ccc(NC(=O)Cc2nc(COC(=O)C3CCN(C(=O)C(C)(C)C)CC3)cs2)cc1. The molecule has 1 saturated heterocycles. The summed E-state index contributed by atoms with van der Waals surface area (Å²) in [6, 6.07) is 7.61. The van der Waals surface area contributed by atoms with Crippen molar-refractivity contribution in [1.82, 2.24) is 9.88 Å². The number of ether oxygens (including phenoxy) is 1. The molecule has 1 N–H and O–H groups in total. The summed E-state index contributed by atoms with van der Waals surface area (Å²) in [5, 5.41) is 5.34. The highest BCUT2D eigenvalue weighted by molar-refractivity contribution is 7.09. The molecule has 0 unspecified atom stereocenters. The Morgan fingerprint density at radius 3 is 2.44 bits per heavy atom. The first kappa shape index (κ1) is 23.9. The minimum absolute atomic E-state index is 0.0933. The van der Waals surface area contributed by atoms with E-state index in [-0.39, 0.29) is 36.7 Å². The van der Waals surface area contributed by atoms with Crippen molar-refractivity contribution in [1.29, 1.82) is 0 Å². The molecule has 172 valence electrons. The predicted molar refractivity (Wildman–Crippen MR) is 124 cm³/mol. The number of hydrogen-bond donors (Lipinski definition) is 1. The molecule has 0 saturated carbocycles. The zero-order valence-electron chi connectivity index (χ0n) is 19.1. The van der Waals surface area contributed by atoms with Crippen LogP contribution in [0.1, 0.15) is 49.9 Å². The summed E-state index contributed by atoms with van der Waals surface area (Å²) < 4.78 is 5.46. The van der Waals surface area contributed by atoms with Gasteiger partial charge in [0.2, 0.25) is 11.8 Å². The van der Waals surface area contributed by atoms with Gasteiger partial charge in [-0.2, -0.15) is 0 Å². The lowest BCUT2D eigenvalue weighted by Crippen LogP contribution is -2.45. The summed E-state index contributed by atoms with van der Waals surface area (Å²) in [5.41, 5.74) is 2.11. The van der Waals surface area contributed by atoms with Crippen LogP contribution in [0, 0.1) is 18.3 Å². The number of likely N-dealkylation sites (tertiary alicyclic amines) is 1. The van der Waals surface area contributed by atoms with Gasteiger partial charge < -0.3 is 15.0 Å². The fourth-order valence-electron chi connectivity index (χ4n) is 3.53. The molecule has 3 rings (SSSR count). The van der Waals surface area contributed by atoms with Crippen molar-refractivity contribution in [2.75, 3.05) is 18.4 Å². The number of piperidine rings is 1. The van der Waals surface area contributed by atoms with Gasteiger partial charge in [-0.25, -0.2) is 4.98 Å². The van der Waals surface area contributed by atoms with E-state index < -0.39 is 5.41 Å². The smallest absolute Gasteiger partial charge is 0.309 e. The molecule has 32 heavy (non-hydrogen) atoms. The third kappa shape index (κ3) is 6.63. The van der Waals surface area contributed by atoms with Gasteiger partial charge in [-0.3, -0.25) is 14.4 Å². The maximum Gasteiger partial charge on any atom is 0.309 e. The normalized spacial score (nSPS) is 14.8. The molecule has 1 fully saturated rings. The van der Waals surface area contributed by atoms with E-state index in [2.05, 4.69) is 10.3 Å². The Bertz CT molecular complexity index is 954. The highest BCUT2D eigenvalue weighted by Gasteiger charge is 2.33. The molecular formula is C24H31N3O4S. The minimum atomic E-state index is -0.410. The number of rotatable bonds is 6. The molecule has 1 aromatic carbocycles. The summed E-state index contributed by atoms with van der Waals surface area (Å²) in [7, 11) is 0. The molecule has 1 aliphatic heterocycles. The van der Waals surface area contributed by atoms with Gasteiger partial charge in [0.15, 0.2) is 0 Å². The fourth-order valence-corrected chi connectivity index (χ4v) is 4.31. The number of aryl methyl sites for hydroxylation is 1. The lowest BCUT2D eigenvalue weighted by Gasteiger charge is -2.34. The first-order valence-corrected chi connectivity index (χ1v) is 11.8. The second kappa shape index (κ2) is 10.3. The Morgan fingerprint density at radius 1 is 1.16 bits per heavy atom. The highest BCUT2D eigenvalue weighted by atomic mass is 32.1. The van der Waals surface area contributed by atoms with Crippen LogP contribution in [0.15, 0.2) is 29.6 Å². The van der Waals surface area contributed by atoms with Gasteiger partial charge in [-0.15, -0.1) is 11.3 Å². The molecule has 0 bridgehead atoms. The average Bonchev–Trinajstić information content (AvgIpc) is 3.19. The highest BCUT2D eigenvalue weighted by Crippen LogP contribution is 2.24. The molecule has 1 aliphatic rings. The summed E-state index contributed by atoms with van der Waals surface area (Å²) >= 11 is 1.38. The van der Waals surface area contributed by atoms with Crippen LogP contribution in [0.2, 0.25) is 0 Å². The van der Waals surface area contributed by atoms with Crippen LogP contribution in [0.25, 0.3) is 0 Å².